The van der Waals surface area contributed by atoms with E-state index in [1.165, 1.54) is 0 Å². The monoisotopic (exact) mass is 257 g/mol. The topological polar surface area (TPSA) is 68.0 Å². The second-order valence-electron chi connectivity index (χ2n) is 4.10. The van der Waals surface area contributed by atoms with Crippen molar-refractivity contribution in [1.29, 1.82) is 0 Å². The minimum absolute atomic E-state index is 0.0133. The number of hydrogen-bond donors (Lipinski definition) is 1. The van der Waals surface area contributed by atoms with Crippen molar-refractivity contribution >= 4 is 18.1 Å². The lowest BCUT2D eigenvalue weighted by Crippen LogP contribution is -2.04. The van der Waals surface area contributed by atoms with Crippen LogP contribution in [0.15, 0.2) is 30.3 Å². The van der Waals surface area contributed by atoms with Gasteiger partial charge < -0.3 is 5.11 Å². The van der Waals surface area contributed by atoms with Gasteiger partial charge in [-0.15, -0.1) is 5.10 Å². The van der Waals surface area contributed by atoms with Gasteiger partial charge in [0.2, 0.25) is 0 Å². The molecule has 2 rings (SSSR count). The summed E-state index contributed by atoms with van der Waals surface area (Å²) in [5.41, 5.74) is 1.52. The molecule has 0 atom stereocenters. The Morgan fingerprint density at radius 3 is 2.68 bits per heavy atom. The highest BCUT2D eigenvalue weighted by molar-refractivity contribution is 5.90. The van der Waals surface area contributed by atoms with Crippen LogP contribution >= 0.6 is 0 Å². The van der Waals surface area contributed by atoms with Gasteiger partial charge in [-0.2, -0.15) is 0 Å². The van der Waals surface area contributed by atoms with Crippen LogP contribution in [0.3, 0.4) is 0 Å². The molecule has 0 bridgehead atoms. The van der Waals surface area contributed by atoms with Crippen LogP contribution in [0.1, 0.15) is 35.1 Å². The van der Waals surface area contributed by atoms with E-state index in [-0.39, 0.29) is 5.69 Å². The highest BCUT2D eigenvalue weighted by atomic mass is 16.4. The second-order valence-corrected chi connectivity index (χ2v) is 4.10. The average Bonchev–Trinajstić information content (AvgIpc) is 2.81. The highest BCUT2D eigenvalue weighted by Crippen LogP contribution is 2.12. The van der Waals surface area contributed by atoms with Gasteiger partial charge in [-0.05, 0) is 18.1 Å². The van der Waals surface area contributed by atoms with E-state index in [1.807, 2.05) is 43.3 Å². The van der Waals surface area contributed by atoms with Gasteiger partial charge in [-0.3, -0.25) is 0 Å². The number of carboxylic acids is 1. The molecule has 5 nitrogen and oxygen atoms in total. The maximum atomic E-state index is 11.1. The van der Waals surface area contributed by atoms with Crippen molar-refractivity contribution in [3.8, 4) is 0 Å². The van der Waals surface area contributed by atoms with Crippen LogP contribution < -0.4 is 0 Å². The zero-order valence-corrected chi connectivity index (χ0v) is 10.7. The van der Waals surface area contributed by atoms with Crippen molar-refractivity contribution in [2.75, 3.05) is 0 Å². The molecule has 0 aliphatic rings. The van der Waals surface area contributed by atoms with Crippen molar-refractivity contribution in [2.45, 2.75) is 19.9 Å². The van der Waals surface area contributed by atoms with Crippen LogP contribution in [-0.2, 0) is 6.54 Å². The largest absolute Gasteiger partial charge is 0.476 e. The first-order valence-corrected chi connectivity index (χ1v) is 6.12. The van der Waals surface area contributed by atoms with Crippen LogP contribution in [0.2, 0.25) is 0 Å². The highest BCUT2D eigenvalue weighted by Gasteiger charge is 2.16. The number of rotatable bonds is 5. The number of carbonyl (C=O) groups is 1. The smallest absolute Gasteiger partial charge is 0.358 e. The van der Waals surface area contributed by atoms with E-state index in [4.69, 9.17) is 5.11 Å². The SMILES string of the molecule is CCCn1nnc(C(=O)O)c1/C=C/c1ccccc1. The van der Waals surface area contributed by atoms with Crippen LogP contribution in [-0.4, -0.2) is 26.1 Å². The molecule has 98 valence electrons. The number of aromatic carboxylic acids is 1. The number of aryl methyl sites for hydroxylation is 1. The van der Waals surface area contributed by atoms with Crippen molar-refractivity contribution in [3.05, 3.63) is 47.3 Å². The first-order chi connectivity index (χ1) is 9.22. The predicted molar refractivity (Wildman–Crippen MR) is 72.6 cm³/mol. The molecule has 0 aliphatic carbocycles. The standard InChI is InChI=1S/C14H15N3O2/c1-2-10-17-12(13(14(18)19)15-16-17)9-8-11-6-4-3-5-7-11/h3-9H,2,10H2,1H3,(H,18,19)/b9-8+. The molecule has 0 aliphatic heterocycles. The summed E-state index contributed by atoms with van der Waals surface area (Å²) >= 11 is 0. The molecule has 1 aromatic carbocycles. The Morgan fingerprint density at radius 1 is 1.32 bits per heavy atom. The van der Waals surface area contributed by atoms with Gasteiger partial charge in [-0.25, -0.2) is 9.48 Å². The molecule has 0 amide bonds. The molecule has 1 N–H and O–H groups in total. The summed E-state index contributed by atoms with van der Waals surface area (Å²) < 4.78 is 1.61. The van der Waals surface area contributed by atoms with Gasteiger partial charge in [-0.1, -0.05) is 48.5 Å². The summed E-state index contributed by atoms with van der Waals surface area (Å²) in [6.45, 7) is 2.65. The van der Waals surface area contributed by atoms with E-state index in [9.17, 15) is 4.79 Å². The Kier molecular flexibility index (Phi) is 4.07. The Morgan fingerprint density at radius 2 is 2.05 bits per heavy atom. The van der Waals surface area contributed by atoms with Gasteiger partial charge in [0.1, 0.15) is 0 Å². The van der Waals surface area contributed by atoms with E-state index in [0.29, 0.717) is 12.2 Å². The number of hydrogen-bond acceptors (Lipinski definition) is 3. The summed E-state index contributed by atoms with van der Waals surface area (Å²) in [5, 5.41) is 16.7. The van der Waals surface area contributed by atoms with Gasteiger partial charge in [0, 0.05) is 6.54 Å². The Labute approximate surface area is 111 Å². The molecule has 0 unspecified atom stereocenters. The minimum Gasteiger partial charge on any atom is -0.476 e. The lowest BCUT2D eigenvalue weighted by molar-refractivity contribution is 0.0690. The number of nitrogens with zero attached hydrogens (tertiary/aromatic N) is 3. The van der Waals surface area contributed by atoms with Crippen molar-refractivity contribution < 1.29 is 9.90 Å². The minimum atomic E-state index is -1.06. The average molecular weight is 257 g/mol. The summed E-state index contributed by atoms with van der Waals surface area (Å²) in [6, 6.07) is 9.69. The fourth-order valence-electron chi connectivity index (χ4n) is 1.75. The molecular weight excluding hydrogens is 242 g/mol. The normalized spacial score (nSPS) is 11.0. The zero-order chi connectivity index (χ0) is 13.7. The third-order valence-corrected chi connectivity index (χ3v) is 2.64. The molecule has 2 aromatic rings. The van der Waals surface area contributed by atoms with Crippen molar-refractivity contribution in [2.24, 2.45) is 0 Å². The first kappa shape index (κ1) is 13.0. The molecule has 1 aromatic heterocycles. The Hall–Kier alpha value is -2.43. The summed E-state index contributed by atoms with van der Waals surface area (Å²) in [6.07, 6.45) is 4.47. The molecular formula is C14H15N3O2. The van der Waals surface area contributed by atoms with Crippen molar-refractivity contribution in [3.63, 3.8) is 0 Å². The summed E-state index contributed by atoms with van der Waals surface area (Å²) in [7, 11) is 0. The Balaban J connectivity index is 2.34. The first-order valence-electron chi connectivity index (χ1n) is 6.12. The van der Waals surface area contributed by atoms with E-state index >= 15 is 0 Å². The molecule has 0 spiro atoms. The molecule has 0 saturated carbocycles. The number of benzene rings is 1. The third-order valence-electron chi connectivity index (χ3n) is 2.64. The van der Waals surface area contributed by atoms with Crippen LogP contribution in [0.4, 0.5) is 0 Å². The fraction of sp³-hybridized carbons (Fsp3) is 0.214. The zero-order valence-electron chi connectivity index (χ0n) is 10.7. The second kappa shape index (κ2) is 5.95. The quantitative estimate of drug-likeness (QED) is 0.893. The van der Waals surface area contributed by atoms with Crippen LogP contribution in [0.5, 0.6) is 0 Å². The molecule has 0 radical (unpaired) electrons. The fourth-order valence-corrected chi connectivity index (χ4v) is 1.75. The van der Waals surface area contributed by atoms with Crippen molar-refractivity contribution in [1.82, 2.24) is 15.0 Å². The maximum absolute atomic E-state index is 11.1. The molecule has 1 heterocycles. The van der Waals surface area contributed by atoms with Crippen LogP contribution in [0.25, 0.3) is 12.2 Å². The lowest BCUT2D eigenvalue weighted by atomic mass is 10.2. The summed E-state index contributed by atoms with van der Waals surface area (Å²) in [5.74, 6) is -1.06. The van der Waals surface area contributed by atoms with E-state index in [0.717, 1.165) is 12.0 Å². The van der Waals surface area contributed by atoms with E-state index < -0.39 is 5.97 Å². The van der Waals surface area contributed by atoms with Gasteiger partial charge in [0.05, 0.1) is 5.69 Å². The van der Waals surface area contributed by atoms with E-state index in [1.54, 1.807) is 10.8 Å². The molecule has 5 heteroatoms. The van der Waals surface area contributed by atoms with Crippen LogP contribution in [0, 0.1) is 0 Å². The summed E-state index contributed by atoms with van der Waals surface area (Å²) in [4.78, 5) is 11.1. The molecule has 0 saturated heterocycles. The van der Waals surface area contributed by atoms with Gasteiger partial charge >= 0.3 is 5.97 Å². The van der Waals surface area contributed by atoms with Gasteiger partial charge in [0.25, 0.3) is 0 Å². The Bertz CT molecular complexity index is 588. The van der Waals surface area contributed by atoms with Gasteiger partial charge in [0.15, 0.2) is 5.69 Å². The lowest BCUT2D eigenvalue weighted by Gasteiger charge is -2.00. The predicted octanol–water partition coefficient (Wildman–Crippen LogP) is 2.56. The maximum Gasteiger partial charge on any atom is 0.358 e. The number of carboxylic acid groups (broad SMARTS) is 1. The third kappa shape index (κ3) is 3.07. The number of aromatic nitrogens is 3. The van der Waals surface area contributed by atoms with E-state index in [2.05, 4.69) is 10.3 Å². The molecule has 0 fully saturated rings. The molecule has 19 heavy (non-hydrogen) atoms.